The minimum absolute atomic E-state index is 0.0176. The number of carboxylic acids is 1. The van der Waals surface area contributed by atoms with Gasteiger partial charge in [0.15, 0.2) is 11.5 Å². The van der Waals surface area contributed by atoms with Crippen LogP contribution in [0, 0.1) is 0 Å². The molecule has 0 aromatic heterocycles. The second-order valence-corrected chi connectivity index (χ2v) is 5.45. The van der Waals surface area contributed by atoms with E-state index in [1.165, 1.54) is 0 Å². The summed E-state index contributed by atoms with van der Waals surface area (Å²) in [6.07, 6.45) is -0.0176. The van der Waals surface area contributed by atoms with Gasteiger partial charge in [0.2, 0.25) is 5.91 Å². The molecule has 1 rings (SSSR count). The molecule has 21 heavy (non-hydrogen) atoms. The van der Waals surface area contributed by atoms with E-state index >= 15 is 0 Å². The molecule has 6 nitrogen and oxygen atoms in total. The van der Waals surface area contributed by atoms with Crippen LogP contribution in [0.25, 0.3) is 0 Å². The first kappa shape index (κ1) is 17.2. The zero-order valence-corrected chi connectivity index (χ0v) is 13.0. The summed E-state index contributed by atoms with van der Waals surface area (Å²) in [6.45, 7) is 3.79. The van der Waals surface area contributed by atoms with Crippen molar-refractivity contribution in [2.24, 2.45) is 0 Å². The third kappa shape index (κ3) is 6.40. The molecule has 1 amide bonds. The van der Waals surface area contributed by atoms with Gasteiger partial charge in [-0.1, -0.05) is 0 Å². The molecule has 0 bridgehead atoms. The average Bonchev–Trinajstić information content (AvgIpc) is 2.37. The SMILES string of the molecule is COc1ccc(NC(=O)CSCC(=O)O)cc1OC(C)C. The number of methoxy groups -OCH3 is 1. The van der Waals surface area contributed by atoms with Crippen LogP contribution in [0.3, 0.4) is 0 Å². The Balaban J connectivity index is 2.66. The summed E-state index contributed by atoms with van der Waals surface area (Å²) in [5.41, 5.74) is 0.576. The fourth-order valence-electron chi connectivity index (χ4n) is 1.53. The van der Waals surface area contributed by atoms with Gasteiger partial charge in [0, 0.05) is 11.8 Å². The Kier molecular flexibility index (Phi) is 6.87. The molecule has 0 atom stereocenters. The molecule has 0 heterocycles. The Labute approximate surface area is 127 Å². The highest BCUT2D eigenvalue weighted by Crippen LogP contribution is 2.31. The number of nitrogens with one attached hydrogen (secondary N) is 1. The standard InChI is InChI=1S/C14H19NO5S/c1-9(2)20-12-6-10(4-5-11(12)19-3)15-13(16)7-21-8-14(17)18/h4-6,9H,7-8H2,1-3H3,(H,15,16)(H,17,18). The first-order valence-electron chi connectivity index (χ1n) is 6.36. The highest BCUT2D eigenvalue weighted by atomic mass is 32.2. The molecule has 0 radical (unpaired) electrons. The summed E-state index contributed by atoms with van der Waals surface area (Å²) in [7, 11) is 1.54. The van der Waals surface area contributed by atoms with Gasteiger partial charge in [-0.05, 0) is 26.0 Å². The number of anilines is 1. The second-order valence-electron chi connectivity index (χ2n) is 4.47. The molecule has 0 spiro atoms. The van der Waals surface area contributed by atoms with Crippen LogP contribution in [0.15, 0.2) is 18.2 Å². The number of rotatable bonds is 8. The third-order valence-electron chi connectivity index (χ3n) is 2.27. The van der Waals surface area contributed by atoms with Gasteiger partial charge in [0.05, 0.1) is 24.7 Å². The van der Waals surface area contributed by atoms with Gasteiger partial charge in [-0.25, -0.2) is 0 Å². The first-order valence-corrected chi connectivity index (χ1v) is 7.52. The van der Waals surface area contributed by atoms with Crippen LogP contribution in [-0.2, 0) is 9.59 Å². The largest absolute Gasteiger partial charge is 0.493 e. The number of thioether (sulfide) groups is 1. The van der Waals surface area contributed by atoms with Crippen molar-refractivity contribution in [3.63, 3.8) is 0 Å². The molecular formula is C14H19NO5S. The number of benzene rings is 1. The van der Waals surface area contributed by atoms with E-state index in [9.17, 15) is 9.59 Å². The molecular weight excluding hydrogens is 294 g/mol. The minimum atomic E-state index is -0.940. The lowest BCUT2D eigenvalue weighted by molar-refractivity contribution is -0.133. The lowest BCUT2D eigenvalue weighted by Gasteiger charge is -2.15. The zero-order chi connectivity index (χ0) is 15.8. The van der Waals surface area contributed by atoms with E-state index in [4.69, 9.17) is 14.6 Å². The third-order valence-corrected chi connectivity index (χ3v) is 3.19. The fraction of sp³-hybridized carbons (Fsp3) is 0.429. The van der Waals surface area contributed by atoms with Crippen LogP contribution >= 0.6 is 11.8 Å². The first-order chi connectivity index (χ1) is 9.92. The molecule has 1 aromatic carbocycles. The van der Waals surface area contributed by atoms with Crippen LogP contribution in [0.2, 0.25) is 0 Å². The number of aliphatic carboxylic acids is 1. The molecule has 0 unspecified atom stereocenters. The van der Waals surface area contributed by atoms with Crippen molar-refractivity contribution in [3.8, 4) is 11.5 Å². The van der Waals surface area contributed by atoms with Gasteiger partial charge < -0.3 is 19.9 Å². The summed E-state index contributed by atoms with van der Waals surface area (Å²) in [4.78, 5) is 22.1. The summed E-state index contributed by atoms with van der Waals surface area (Å²) in [5, 5.41) is 11.2. The van der Waals surface area contributed by atoms with Crippen LogP contribution < -0.4 is 14.8 Å². The minimum Gasteiger partial charge on any atom is -0.493 e. The lowest BCUT2D eigenvalue weighted by atomic mass is 10.2. The van der Waals surface area contributed by atoms with Gasteiger partial charge in [-0.15, -0.1) is 11.8 Å². The summed E-state index contributed by atoms with van der Waals surface area (Å²) < 4.78 is 10.8. The van der Waals surface area contributed by atoms with E-state index in [1.807, 2.05) is 13.8 Å². The molecule has 2 N–H and O–H groups in total. The maximum atomic E-state index is 11.7. The van der Waals surface area contributed by atoms with Crippen molar-refractivity contribution in [3.05, 3.63) is 18.2 Å². The Bertz CT molecular complexity index is 504. The van der Waals surface area contributed by atoms with Crippen molar-refractivity contribution in [2.45, 2.75) is 20.0 Å². The van der Waals surface area contributed by atoms with Crippen molar-refractivity contribution in [1.82, 2.24) is 0 Å². The maximum Gasteiger partial charge on any atom is 0.313 e. The number of carboxylic acid groups (broad SMARTS) is 1. The average molecular weight is 313 g/mol. The van der Waals surface area contributed by atoms with Crippen molar-refractivity contribution >= 4 is 29.3 Å². The van der Waals surface area contributed by atoms with Crippen LogP contribution in [0.1, 0.15) is 13.8 Å². The molecule has 0 saturated carbocycles. The van der Waals surface area contributed by atoms with E-state index in [2.05, 4.69) is 5.32 Å². The lowest BCUT2D eigenvalue weighted by Crippen LogP contribution is -2.15. The van der Waals surface area contributed by atoms with Gasteiger partial charge in [0.1, 0.15) is 0 Å². The van der Waals surface area contributed by atoms with Crippen molar-refractivity contribution in [2.75, 3.05) is 23.9 Å². The highest BCUT2D eigenvalue weighted by molar-refractivity contribution is 8.00. The van der Waals surface area contributed by atoms with Crippen LogP contribution in [-0.4, -0.2) is 41.7 Å². The number of carbonyl (C=O) groups excluding carboxylic acids is 1. The van der Waals surface area contributed by atoms with Crippen LogP contribution in [0.4, 0.5) is 5.69 Å². The molecule has 1 aromatic rings. The Hall–Kier alpha value is -1.89. The topological polar surface area (TPSA) is 84.9 Å². The zero-order valence-electron chi connectivity index (χ0n) is 12.2. The fourth-order valence-corrected chi connectivity index (χ4v) is 2.06. The molecule has 0 aliphatic rings. The van der Waals surface area contributed by atoms with E-state index in [0.717, 1.165) is 11.8 Å². The van der Waals surface area contributed by atoms with E-state index in [-0.39, 0.29) is 23.5 Å². The van der Waals surface area contributed by atoms with Crippen molar-refractivity contribution < 1.29 is 24.2 Å². The number of ether oxygens (including phenoxy) is 2. The smallest absolute Gasteiger partial charge is 0.313 e. The summed E-state index contributed by atoms with van der Waals surface area (Å²) in [5.74, 6) is -0.0894. The summed E-state index contributed by atoms with van der Waals surface area (Å²) >= 11 is 1.04. The number of carbonyl (C=O) groups is 2. The molecule has 116 valence electrons. The van der Waals surface area contributed by atoms with Gasteiger partial charge in [0.25, 0.3) is 0 Å². The maximum absolute atomic E-state index is 11.7. The highest BCUT2D eigenvalue weighted by Gasteiger charge is 2.10. The quantitative estimate of drug-likeness (QED) is 0.765. The predicted octanol–water partition coefficient (Wildman–Crippen LogP) is 2.24. The summed E-state index contributed by atoms with van der Waals surface area (Å²) in [6, 6.07) is 5.09. The number of amides is 1. The second kappa shape index (κ2) is 8.41. The van der Waals surface area contributed by atoms with E-state index in [1.54, 1.807) is 25.3 Å². The van der Waals surface area contributed by atoms with E-state index < -0.39 is 5.97 Å². The van der Waals surface area contributed by atoms with Gasteiger partial charge in [-0.3, -0.25) is 9.59 Å². The van der Waals surface area contributed by atoms with Crippen molar-refractivity contribution in [1.29, 1.82) is 0 Å². The Morgan fingerprint density at radius 1 is 1.29 bits per heavy atom. The number of hydrogen-bond donors (Lipinski definition) is 2. The van der Waals surface area contributed by atoms with Gasteiger partial charge in [-0.2, -0.15) is 0 Å². The van der Waals surface area contributed by atoms with Gasteiger partial charge >= 0.3 is 5.97 Å². The molecule has 7 heteroatoms. The Morgan fingerprint density at radius 3 is 2.57 bits per heavy atom. The predicted molar refractivity (Wildman–Crippen MR) is 82.3 cm³/mol. The molecule has 0 saturated heterocycles. The van der Waals surface area contributed by atoms with E-state index in [0.29, 0.717) is 17.2 Å². The Morgan fingerprint density at radius 2 is 2.00 bits per heavy atom. The monoisotopic (exact) mass is 313 g/mol. The molecule has 0 aliphatic carbocycles. The normalized spacial score (nSPS) is 10.3. The number of hydrogen-bond acceptors (Lipinski definition) is 5. The molecule has 0 aliphatic heterocycles. The molecule has 0 fully saturated rings. The van der Waals surface area contributed by atoms with Crippen LogP contribution in [0.5, 0.6) is 11.5 Å².